The van der Waals surface area contributed by atoms with Crippen LogP contribution < -0.4 is 10.5 Å². The lowest BCUT2D eigenvalue weighted by molar-refractivity contribution is 0.414. The zero-order chi connectivity index (χ0) is 10.4. The van der Waals surface area contributed by atoms with E-state index in [9.17, 15) is 0 Å². The first kappa shape index (κ1) is 11.3. The van der Waals surface area contributed by atoms with E-state index in [1.807, 2.05) is 18.2 Å². The van der Waals surface area contributed by atoms with E-state index in [1.165, 1.54) is 5.56 Å². The third-order valence-corrected chi connectivity index (χ3v) is 2.51. The molecule has 1 rings (SSSR count). The summed E-state index contributed by atoms with van der Waals surface area (Å²) >= 11 is 6.08. The highest BCUT2D eigenvalue weighted by Crippen LogP contribution is 2.23. The highest BCUT2D eigenvalue weighted by Gasteiger charge is 2.01. The van der Waals surface area contributed by atoms with Crippen molar-refractivity contribution >= 4 is 11.6 Å². The molecule has 0 unspecified atom stereocenters. The summed E-state index contributed by atoms with van der Waals surface area (Å²) in [5.41, 5.74) is 6.59. The summed E-state index contributed by atoms with van der Waals surface area (Å²) in [6.07, 6.45) is 3.12. The second kappa shape index (κ2) is 5.89. The predicted octanol–water partition coefficient (Wildman–Crippen LogP) is 2.63. The maximum absolute atomic E-state index is 6.08. The van der Waals surface area contributed by atoms with E-state index in [2.05, 4.69) is 0 Å². The van der Waals surface area contributed by atoms with Gasteiger partial charge in [-0.15, -0.1) is 0 Å². The van der Waals surface area contributed by atoms with E-state index >= 15 is 0 Å². The number of benzene rings is 1. The molecule has 78 valence electrons. The number of unbranched alkanes of at least 4 members (excludes halogenated alkanes) is 1. The molecule has 0 radical (unpaired) electrons. The molecule has 0 saturated carbocycles. The van der Waals surface area contributed by atoms with Gasteiger partial charge < -0.3 is 10.5 Å². The summed E-state index contributed by atoms with van der Waals surface area (Å²) in [6, 6.07) is 5.79. The van der Waals surface area contributed by atoms with Gasteiger partial charge in [0.1, 0.15) is 5.75 Å². The maximum atomic E-state index is 6.08. The van der Waals surface area contributed by atoms with Crippen molar-refractivity contribution in [2.45, 2.75) is 19.3 Å². The molecule has 1 aromatic rings. The molecular weight excluding hydrogens is 198 g/mol. The maximum Gasteiger partial charge on any atom is 0.120 e. The van der Waals surface area contributed by atoms with Crippen LogP contribution in [0.5, 0.6) is 5.75 Å². The molecule has 2 nitrogen and oxygen atoms in total. The monoisotopic (exact) mass is 213 g/mol. The van der Waals surface area contributed by atoms with E-state index in [0.717, 1.165) is 36.6 Å². The lowest BCUT2D eigenvalue weighted by atomic mass is 10.1. The minimum Gasteiger partial charge on any atom is -0.497 e. The summed E-state index contributed by atoms with van der Waals surface area (Å²) in [6.45, 7) is 0.744. The molecule has 0 amide bonds. The summed E-state index contributed by atoms with van der Waals surface area (Å²) < 4.78 is 5.07. The van der Waals surface area contributed by atoms with Crippen LogP contribution in [0.15, 0.2) is 18.2 Å². The smallest absolute Gasteiger partial charge is 0.120 e. The number of nitrogens with two attached hydrogens (primary N) is 1. The predicted molar refractivity (Wildman–Crippen MR) is 60.0 cm³/mol. The fourth-order valence-electron chi connectivity index (χ4n) is 1.32. The Hall–Kier alpha value is -0.730. The van der Waals surface area contributed by atoms with Crippen molar-refractivity contribution in [2.24, 2.45) is 5.73 Å². The molecule has 0 aliphatic rings. The molecule has 0 fully saturated rings. The molecule has 0 bridgehead atoms. The lowest BCUT2D eigenvalue weighted by Gasteiger charge is -2.05. The molecular formula is C11H16ClNO. The molecule has 0 saturated heterocycles. The van der Waals surface area contributed by atoms with Gasteiger partial charge in [0.25, 0.3) is 0 Å². The third-order valence-electron chi connectivity index (χ3n) is 2.16. The molecule has 0 aliphatic heterocycles. The van der Waals surface area contributed by atoms with Crippen molar-refractivity contribution in [3.8, 4) is 5.75 Å². The standard InChI is InChI=1S/C11H16ClNO/c1-14-10-6-5-9(11(12)8-10)4-2-3-7-13/h5-6,8H,2-4,7,13H2,1H3. The number of methoxy groups -OCH3 is 1. The first-order chi connectivity index (χ1) is 6.77. The average Bonchev–Trinajstić information content (AvgIpc) is 2.20. The minimum absolute atomic E-state index is 0.744. The van der Waals surface area contributed by atoms with E-state index in [-0.39, 0.29) is 0 Å². The Balaban J connectivity index is 2.59. The highest BCUT2D eigenvalue weighted by molar-refractivity contribution is 6.31. The van der Waals surface area contributed by atoms with Gasteiger partial charge in [-0.05, 0) is 43.5 Å². The van der Waals surface area contributed by atoms with Gasteiger partial charge in [0.2, 0.25) is 0 Å². The van der Waals surface area contributed by atoms with Gasteiger partial charge in [0.15, 0.2) is 0 Å². The molecule has 0 aromatic heterocycles. The number of ether oxygens (including phenoxy) is 1. The fourth-order valence-corrected chi connectivity index (χ4v) is 1.58. The van der Waals surface area contributed by atoms with Crippen LogP contribution in [-0.2, 0) is 6.42 Å². The topological polar surface area (TPSA) is 35.2 Å². The van der Waals surface area contributed by atoms with E-state index in [0.29, 0.717) is 0 Å². The quantitative estimate of drug-likeness (QED) is 0.764. The summed E-state index contributed by atoms with van der Waals surface area (Å²) in [7, 11) is 1.64. The second-order valence-electron chi connectivity index (χ2n) is 3.20. The summed E-state index contributed by atoms with van der Waals surface area (Å²) in [5.74, 6) is 0.803. The van der Waals surface area contributed by atoms with Gasteiger partial charge in [0.05, 0.1) is 7.11 Å². The van der Waals surface area contributed by atoms with E-state index in [1.54, 1.807) is 7.11 Å². The van der Waals surface area contributed by atoms with Gasteiger partial charge in [-0.25, -0.2) is 0 Å². The van der Waals surface area contributed by atoms with Crippen molar-refractivity contribution in [3.63, 3.8) is 0 Å². The van der Waals surface area contributed by atoms with Crippen LogP contribution in [0.4, 0.5) is 0 Å². The molecule has 0 aliphatic carbocycles. The van der Waals surface area contributed by atoms with Crippen LogP contribution in [0.25, 0.3) is 0 Å². The number of hydrogen-bond donors (Lipinski definition) is 1. The first-order valence-electron chi connectivity index (χ1n) is 4.80. The Morgan fingerprint density at radius 1 is 1.36 bits per heavy atom. The number of rotatable bonds is 5. The zero-order valence-electron chi connectivity index (χ0n) is 8.42. The Bertz CT molecular complexity index is 289. The van der Waals surface area contributed by atoms with Crippen molar-refractivity contribution in [2.75, 3.05) is 13.7 Å². The van der Waals surface area contributed by atoms with Gasteiger partial charge in [-0.3, -0.25) is 0 Å². The molecule has 2 N–H and O–H groups in total. The largest absolute Gasteiger partial charge is 0.497 e. The van der Waals surface area contributed by atoms with Gasteiger partial charge >= 0.3 is 0 Å². The van der Waals surface area contributed by atoms with Crippen LogP contribution in [0.3, 0.4) is 0 Å². The van der Waals surface area contributed by atoms with Crippen LogP contribution >= 0.6 is 11.6 Å². The van der Waals surface area contributed by atoms with Gasteiger partial charge in [-0.1, -0.05) is 17.7 Å². The van der Waals surface area contributed by atoms with Crippen molar-refractivity contribution in [1.82, 2.24) is 0 Å². The molecule has 0 atom stereocenters. The Morgan fingerprint density at radius 2 is 2.14 bits per heavy atom. The van der Waals surface area contributed by atoms with Gasteiger partial charge in [0, 0.05) is 5.02 Å². The van der Waals surface area contributed by atoms with E-state index < -0.39 is 0 Å². The lowest BCUT2D eigenvalue weighted by Crippen LogP contribution is -1.99. The van der Waals surface area contributed by atoms with Crippen LogP contribution in [0.1, 0.15) is 18.4 Å². The van der Waals surface area contributed by atoms with Crippen LogP contribution in [0.2, 0.25) is 5.02 Å². The van der Waals surface area contributed by atoms with Crippen molar-refractivity contribution < 1.29 is 4.74 Å². The molecule has 0 spiro atoms. The second-order valence-corrected chi connectivity index (χ2v) is 3.61. The highest BCUT2D eigenvalue weighted by atomic mass is 35.5. The first-order valence-corrected chi connectivity index (χ1v) is 5.18. The zero-order valence-corrected chi connectivity index (χ0v) is 9.18. The fraction of sp³-hybridized carbons (Fsp3) is 0.455. The third kappa shape index (κ3) is 3.20. The van der Waals surface area contributed by atoms with Crippen LogP contribution in [-0.4, -0.2) is 13.7 Å². The molecule has 1 aromatic carbocycles. The van der Waals surface area contributed by atoms with Gasteiger partial charge in [-0.2, -0.15) is 0 Å². The average molecular weight is 214 g/mol. The van der Waals surface area contributed by atoms with Crippen molar-refractivity contribution in [3.05, 3.63) is 28.8 Å². The number of aryl methyl sites for hydroxylation is 1. The number of halogens is 1. The Labute approximate surface area is 90.0 Å². The normalized spacial score (nSPS) is 10.2. The number of hydrogen-bond acceptors (Lipinski definition) is 2. The minimum atomic E-state index is 0.744. The van der Waals surface area contributed by atoms with Crippen LogP contribution in [0, 0.1) is 0 Å². The summed E-state index contributed by atoms with van der Waals surface area (Å²) in [4.78, 5) is 0. The van der Waals surface area contributed by atoms with Crippen molar-refractivity contribution in [1.29, 1.82) is 0 Å². The molecule has 0 heterocycles. The SMILES string of the molecule is COc1ccc(CCCCN)c(Cl)c1. The Morgan fingerprint density at radius 3 is 2.71 bits per heavy atom. The molecule has 14 heavy (non-hydrogen) atoms. The summed E-state index contributed by atoms with van der Waals surface area (Å²) in [5, 5.41) is 0.779. The van der Waals surface area contributed by atoms with E-state index in [4.69, 9.17) is 22.1 Å². The Kier molecular flexibility index (Phi) is 4.77. The molecule has 3 heteroatoms.